The highest BCUT2D eigenvalue weighted by Gasteiger charge is 2.36. The molecular weight excluding hydrogens is 474 g/mol. The number of carbonyl (C=O) groups excluding carboxylic acids is 1. The summed E-state index contributed by atoms with van der Waals surface area (Å²) in [6.45, 7) is 3.44. The highest BCUT2D eigenvalue weighted by atomic mass is 32.2. The van der Waals surface area contributed by atoms with E-state index in [0.717, 1.165) is 41.8 Å². The summed E-state index contributed by atoms with van der Waals surface area (Å²) in [5, 5.41) is 1.12. The van der Waals surface area contributed by atoms with E-state index in [1.54, 1.807) is 12.1 Å². The molecule has 5 rings (SSSR count). The van der Waals surface area contributed by atoms with Crippen molar-refractivity contribution in [2.24, 2.45) is 5.92 Å². The Morgan fingerprint density at radius 1 is 0.944 bits per heavy atom. The van der Waals surface area contributed by atoms with Crippen LogP contribution in [-0.4, -0.2) is 81.9 Å². The first-order chi connectivity index (χ1) is 17.3. The number of hydrogen-bond acceptors (Lipinski definition) is 6. The number of rotatable bonds is 5. The second-order valence-corrected chi connectivity index (χ2v) is 11.7. The molecular formula is C27H33N5O3S. The summed E-state index contributed by atoms with van der Waals surface area (Å²) >= 11 is 0. The molecule has 3 aromatic rings. The standard InChI is InChI=1S/C27H33N5O3S/c1-29(2)22-9-11-23(12-10-22)36(34,35)32-15-5-6-21(20-32)27(33)31-18-16-30(17-19-31)26-13-14-28-25-8-4-3-7-24(25)26/h3-4,7-14,21H,5-6,15-20H2,1-2H3/t21-/m0/s1. The lowest BCUT2D eigenvalue weighted by Gasteiger charge is -2.39. The molecule has 1 aromatic heterocycles. The zero-order chi connectivity index (χ0) is 25.3. The normalized spacial score (nSPS) is 19.4. The number of piperidine rings is 1. The number of sulfonamides is 1. The first-order valence-corrected chi connectivity index (χ1v) is 13.9. The molecule has 2 aliphatic rings. The van der Waals surface area contributed by atoms with Crippen molar-refractivity contribution in [3.8, 4) is 0 Å². The third-order valence-corrected chi connectivity index (χ3v) is 9.16. The van der Waals surface area contributed by atoms with Crippen LogP contribution in [0.5, 0.6) is 0 Å². The maximum atomic E-state index is 13.4. The predicted octanol–water partition coefficient (Wildman–Crippen LogP) is 3.05. The Morgan fingerprint density at radius 3 is 2.39 bits per heavy atom. The summed E-state index contributed by atoms with van der Waals surface area (Å²) in [7, 11) is 0.203. The van der Waals surface area contributed by atoms with Crippen LogP contribution in [0, 0.1) is 5.92 Å². The molecule has 0 aliphatic carbocycles. The van der Waals surface area contributed by atoms with Crippen molar-refractivity contribution in [3.05, 3.63) is 60.8 Å². The van der Waals surface area contributed by atoms with Crippen molar-refractivity contribution >= 4 is 38.2 Å². The highest BCUT2D eigenvalue weighted by Crippen LogP contribution is 2.29. The van der Waals surface area contributed by atoms with E-state index in [4.69, 9.17) is 0 Å². The number of piperazine rings is 1. The second kappa shape index (κ2) is 10.1. The van der Waals surface area contributed by atoms with Gasteiger partial charge in [0, 0.05) is 76.3 Å². The van der Waals surface area contributed by atoms with Crippen LogP contribution in [0.15, 0.2) is 65.7 Å². The number of carbonyl (C=O) groups is 1. The van der Waals surface area contributed by atoms with Crippen molar-refractivity contribution in [1.29, 1.82) is 0 Å². The number of aromatic nitrogens is 1. The molecule has 9 heteroatoms. The molecule has 2 aliphatic heterocycles. The van der Waals surface area contributed by atoms with E-state index in [0.29, 0.717) is 26.1 Å². The molecule has 0 N–H and O–H groups in total. The molecule has 0 unspecified atom stereocenters. The number of para-hydroxylation sites is 1. The summed E-state index contributed by atoms with van der Waals surface area (Å²) in [6, 6.07) is 17.1. The van der Waals surface area contributed by atoms with Crippen LogP contribution in [0.2, 0.25) is 0 Å². The zero-order valence-electron chi connectivity index (χ0n) is 20.9. The molecule has 2 fully saturated rings. The van der Waals surface area contributed by atoms with Crippen molar-refractivity contribution in [1.82, 2.24) is 14.2 Å². The van der Waals surface area contributed by atoms with Crippen molar-refractivity contribution in [3.63, 3.8) is 0 Å². The van der Waals surface area contributed by atoms with Crippen LogP contribution in [0.3, 0.4) is 0 Å². The van der Waals surface area contributed by atoms with Gasteiger partial charge in [-0.15, -0.1) is 0 Å². The molecule has 1 amide bonds. The number of pyridine rings is 1. The minimum atomic E-state index is -3.64. The monoisotopic (exact) mass is 507 g/mol. The van der Waals surface area contributed by atoms with Gasteiger partial charge >= 0.3 is 0 Å². The van der Waals surface area contributed by atoms with Gasteiger partial charge in [-0.25, -0.2) is 8.42 Å². The number of anilines is 2. The van der Waals surface area contributed by atoms with E-state index in [1.165, 1.54) is 4.31 Å². The molecule has 0 bridgehead atoms. The molecule has 190 valence electrons. The lowest BCUT2D eigenvalue weighted by Crippen LogP contribution is -2.53. The van der Waals surface area contributed by atoms with Crippen molar-refractivity contribution < 1.29 is 13.2 Å². The Hall–Kier alpha value is -3.17. The maximum Gasteiger partial charge on any atom is 0.243 e. The van der Waals surface area contributed by atoms with Crippen molar-refractivity contribution in [2.75, 3.05) is 63.2 Å². The number of nitrogens with zero attached hydrogens (tertiary/aromatic N) is 5. The number of benzene rings is 2. The van der Waals surface area contributed by atoms with E-state index in [9.17, 15) is 13.2 Å². The average Bonchev–Trinajstić information content (AvgIpc) is 2.92. The van der Waals surface area contributed by atoms with Gasteiger partial charge in [0.25, 0.3) is 0 Å². The Balaban J connectivity index is 1.23. The number of amides is 1. The fraction of sp³-hybridized carbons (Fsp3) is 0.407. The molecule has 8 nitrogen and oxygen atoms in total. The van der Waals surface area contributed by atoms with E-state index < -0.39 is 10.0 Å². The van der Waals surface area contributed by atoms with Gasteiger partial charge in [0.1, 0.15) is 0 Å². The predicted molar refractivity (Wildman–Crippen MR) is 143 cm³/mol. The summed E-state index contributed by atoms with van der Waals surface area (Å²) < 4.78 is 28.1. The van der Waals surface area contributed by atoms with Crippen LogP contribution < -0.4 is 9.80 Å². The largest absolute Gasteiger partial charge is 0.378 e. The highest BCUT2D eigenvalue weighted by molar-refractivity contribution is 7.89. The third-order valence-electron chi connectivity index (χ3n) is 7.28. The van der Waals surface area contributed by atoms with Gasteiger partial charge in [-0.3, -0.25) is 9.78 Å². The van der Waals surface area contributed by atoms with Gasteiger partial charge < -0.3 is 14.7 Å². The summed E-state index contributed by atoms with van der Waals surface area (Å²) in [4.78, 5) is 24.3. The molecule has 0 saturated carbocycles. The fourth-order valence-electron chi connectivity index (χ4n) is 5.21. The second-order valence-electron chi connectivity index (χ2n) is 9.75. The SMILES string of the molecule is CN(C)c1ccc(S(=O)(=O)N2CCC[C@H](C(=O)N3CCN(c4ccnc5ccccc45)CC3)C2)cc1. The molecule has 2 aromatic carbocycles. The van der Waals surface area contributed by atoms with Crippen LogP contribution >= 0.6 is 0 Å². The quantitative estimate of drug-likeness (QED) is 0.528. The minimum absolute atomic E-state index is 0.0668. The van der Waals surface area contributed by atoms with Crippen LogP contribution in [-0.2, 0) is 14.8 Å². The Kier molecular flexibility index (Phi) is 6.85. The minimum Gasteiger partial charge on any atom is -0.378 e. The smallest absolute Gasteiger partial charge is 0.243 e. The van der Waals surface area contributed by atoms with Gasteiger partial charge in [0.05, 0.1) is 16.3 Å². The van der Waals surface area contributed by atoms with Crippen LogP contribution in [0.25, 0.3) is 10.9 Å². The fourth-order valence-corrected chi connectivity index (χ4v) is 6.73. The number of hydrogen-bond donors (Lipinski definition) is 0. The molecule has 3 heterocycles. The van der Waals surface area contributed by atoms with E-state index >= 15 is 0 Å². The van der Waals surface area contributed by atoms with Crippen LogP contribution in [0.1, 0.15) is 12.8 Å². The summed E-state index contributed by atoms with van der Waals surface area (Å²) in [6.07, 6.45) is 3.24. The van der Waals surface area contributed by atoms with Crippen LogP contribution in [0.4, 0.5) is 11.4 Å². The summed E-state index contributed by atoms with van der Waals surface area (Å²) in [5.41, 5.74) is 3.05. The Bertz CT molecular complexity index is 1330. The van der Waals surface area contributed by atoms with Gasteiger partial charge in [-0.2, -0.15) is 4.31 Å². The average molecular weight is 508 g/mol. The molecule has 2 saturated heterocycles. The first-order valence-electron chi connectivity index (χ1n) is 12.5. The lowest BCUT2D eigenvalue weighted by molar-refractivity contribution is -0.137. The summed E-state index contributed by atoms with van der Waals surface area (Å²) in [5.74, 6) is -0.236. The van der Waals surface area contributed by atoms with E-state index in [1.807, 2.05) is 66.5 Å². The first kappa shape index (κ1) is 24.5. The third kappa shape index (κ3) is 4.77. The van der Waals surface area contributed by atoms with Gasteiger partial charge in [0.15, 0.2) is 0 Å². The van der Waals surface area contributed by atoms with Gasteiger partial charge in [-0.1, -0.05) is 18.2 Å². The van der Waals surface area contributed by atoms with E-state index in [-0.39, 0.29) is 23.3 Å². The molecule has 1 atom stereocenters. The number of fused-ring (bicyclic) bond motifs is 1. The van der Waals surface area contributed by atoms with E-state index in [2.05, 4.69) is 16.0 Å². The topological polar surface area (TPSA) is 77.1 Å². The molecule has 36 heavy (non-hydrogen) atoms. The molecule has 0 radical (unpaired) electrons. The Labute approximate surface area is 213 Å². The Morgan fingerprint density at radius 2 is 1.67 bits per heavy atom. The maximum absolute atomic E-state index is 13.4. The lowest BCUT2D eigenvalue weighted by atomic mass is 9.97. The molecule has 0 spiro atoms. The van der Waals surface area contributed by atoms with Gasteiger partial charge in [-0.05, 0) is 49.2 Å². The van der Waals surface area contributed by atoms with Gasteiger partial charge in [0.2, 0.25) is 15.9 Å². The van der Waals surface area contributed by atoms with Crippen molar-refractivity contribution in [2.45, 2.75) is 17.7 Å². The zero-order valence-corrected chi connectivity index (χ0v) is 21.7.